The number of carbonyl (C=O) groups excluding carboxylic acids is 1. The lowest BCUT2D eigenvalue weighted by atomic mass is 10.1. The van der Waals surface area contributed by atoms with Gasteiger partial charge in [-0.15, -0.1) is 0 Å². The zero-order valence-electron chi connectivity index (χ0n) is 9.66. The Morgan fingerprint density at radius 1 is 1.38 bits per heavy atom. The van der Waals surface area contributed by atoms with Gasteiger partial charge in [0.2, 0.25) is 0 Å². The fraction of sp³-hybridized carbons (Fsp3) is 0.417. The maximum Gasteiger partial charge on any atom is 0.322 e. The van der Waals surface area contributed by atoms with Crippen LogP contribution in [0.2, 0.25) is 5.02 Å². The minimum Gasteiger partial charge on any atom is -0.468 e. The Labute approximate surface area is 101 Å². The van der Waals surface area contributed by atoms with Crippen molar-refractivity contribution in [3.8, 4) is 0 Å². The lowest BCUT2D eigenvalue weighted by Crippen LogP contribution is -2.36. The maximum atomic E-state index is 11.2. The van der Waals surface area contributed by atoms with Gasteiger partial charge in [0.1, 0.15) is 6.04 Å². The third-order valence-electron chi connectivity index (χ3n) is 2.43. The summed E-state index contributed by atoms with van der Waals surface area (Å²) in [6.45, 7) is 3.72. The van der Waals surface area contributed by atoms with E-state index in [-0.39, 0.29) is 18.1 Å². The number of rotatable bonds is 4. The number of methoxy groups -OCH3 is 1. The molecular formula is C12H16ClNO2. The van der Waals surface area contributed by atoms with Crippen LogP contribution in [0.25, 0.3) is 0 Å². The van der Waals surface area contributed by atoms with Gasteiger partial charge in [-0.3, -0.25) is 10.1 Å². The van der Waals surface area contributed by atoms with Crippen LogP contribution >= 0.6 is 11.6 Å². The van der Waals surface area contributed by atoms with Crippen LogP contribution in [-0.4, -0.2) is 19.1 Å². The predicted octanol–water partition coefficient (Wildman–Crippen LogP) is 2.55. The van der Waals surface area contributed by atoms with E-state index in [4.69, 9.17) is 11.6 Å². The van der Waals surface area contributed by atoms with Gasteiger partial charge in [0.05, 0.1) is 7.11 Å². The third-order valence-corrected chi connectivity index (χ3v) is 2.77. The molecule has 1 aromatic carbocycles. The molecule has 2 atom stereocenters. The van der Waals surface area contributed by atoms with E-state index < -0.39 is 0 Å². The van der Waals surface area contributed by atoms with Crippen molar-refractivity contribution < 1.29 is 9.53 Å². The van der Waals surface area contributed by atoms with Crippen LogP contribution in [0, 0.1) is 0 Å². The smallest absolute Gasteiger partial charge is 0.322 e. The lowest BCUT2D eigenvalue weighted by Gasteiger charge is -2.19. The summed E-state index contributed by atoms with van der Waals surface area (Å²) in [5.41, 5.74) is 0.972. The number of ether oxygens (including phenoxy) is 1. The number of esters is 1. The quantitative estimate of drug-likeness (QED) is 0.824. The Morgan fingerprint density at radius 2 is 2.00 bits per heavy atom. The van der Waals surface area contributed by atoms with Crippen molar-refractivity contribution in [2.45, 2.75) is 25.9 Å². The molecule has 3 nitrogen and oxygen atoms in total. The van der Waals surface area contributed by atoms with Gasteiger partial charge in [0.15, 0.2) is 0 Å². The first kappa shape index (κ1) is 13.0. The van der Waals surface area contributed by atoms with Crippen molar-refractivity contribution >= 4 is 17.6 Å². The van der Waals surface area contributed by atoms with Crippen molar-refractivity contribution in [2.75, 3.05) is 7.11 Å². The highest BCUT2D eigenvalue weighted by Gasteiger charge is 2.17. The molecule has 0 spiro atoms. The van der Waals surface area contributed by atoms with E-state index in [1.54, 1.807) is 6.92 Å². The Kier molecular flexibility index (Phi) is 4.77. The molecule has 0 fully saturated rings. The van der Waals surface area contributed by atoms with Crippen LogP contribution < -0.4 is 5.32 Å². The Morgan fingerprint density at radius 3 is 2.56 bits per heavy atom. The van der Waals surface area contributed by atoms with Gasteiger partial charge in [-0.2, -0.15) is 0 Å². The molecule has 4 heteroatoms. The number of halogens is 1. The molecular weight excluding hydrogens is 226 g/mol. The first-order chi connectivity index (χ1) is 7.56. The van der Waals surface area contributed by atoms with E-state index in [0.717, 1.165) is 5.56 Å². The zero-order valence-corrected chi connectivity index (χ0v) is 10.4. The highest BCUT2D eigenvalue weighted by Crippen LogP contribution is 2.22. The minimum atomic E-state index is -0.351. The SMILES string of the molecule is COC(=O)C(C)NC(C)c1ccccc1Cl. The third kappa shape index (κ3) is 3.22. The molecule has 1 rings (SSSR count). The summed E-state index contributed by atoms with van der Waals surface area (Å²) >= 11 is 6.06. The van der Waals surface area contributed by atoms with Crippen LogP contribution in [0.15, 0.2) is 24.3 Å². The Balaban J connectivity index is 2.69. The average Bonchev–Trinajstić information content (AvgIpc) is 2.28. The van der Waals surface area contributed by atoms with Gasteiger partial charge in [-0.05, 0) is 25.5 Å². The van der Waals surface area contributed by atoms with Crippen LogP contribution in [0.5, 0.6) is 0 Å². The zero-order chi connectivity index (χ0) is 12.1. The number of benzene rings is 1. The maximum absolute atomic E-state index is 11.2. The fourth-order valence-electron chi connectivity index (χ4n) is 1.54. The molecule has 0 saturated carbocycles. The number of hydrogen-bond donors (Lipinski definition) is 1. The van der Waals surface area contributed by atoms with Crippen LogP contribution in [0.4, 0.5) is 0 Å². The summed E-state index contributed by atoms with van der Waals surface area (Å²) in [4.78, 5) is 11.2. The molecule has 16 heavy (non-hydrogen) atoms. The van der Waals surface area contributed by atoms with E-state index in [1.165, 1.54) is 7.11 Å². The van der Waals surface area contributed by atoms with E-state index in [1.807, 2.05) is 31.2 Å². The van der Waals surface area contributed by atoms with Crippen LogP contribution in [0.1, 0.15) is 25.5 Å². The number of carbonyl (C=O) groups is 1. The van der Waals surface area contributed by atoms with Crippen molar-refractivity contribution in [3.05, 3.63) is 34.9 Å². The summed E-state index contributed by atoms with van der Waals surface area (Å²) in [6.07, 6.45) is 0. The molecule has 0 aliphatic rings. The topological polar surface area (TPSA) is 38.3 Å². The molecule has 1 aromatic rings. The molecule has 2 unspecified atom stereocenters. The van der Waals surface area contributed by atoms with Gasteiger partial charge in [0.25, 0.3) is 0 Å². The summed E-state index contributed by atoms with van der Waals surface area (Å²) < 4.78 is 4.64. The van der Waals surface area contributed by atoms with Crippen molar-refractivity contribution in [1.82, 2.24) is 5.32 Å². The summed E-state index contributed by atoms with van der Waals surface area (Å²) in [5, 5.41) is 3.82. The second kappa shape index (κ2) is 5.87. The monoisotopic (exact) mass is 241 g/mol. The summed E-state index contributed by atoms with van der Waals surface area (Å²) in [6, 6.07) is 7.21. The predicted molar refractivity (Wildman–Crippen MR) is 64.5 cm³/mol. The molecule has 0 radical (unpaired) electrons. The molecule has 0 amide bonds. The molecule has 0 aromatic heterocycles. The average molecular weight is 242 g/mol. The van der Waals surface area contributed by atoms with Gasteiger partial charge in [0, 0.05) is 11.1 Å². The molecule has 0 aliphatic carbocycles. The normalized spacial score (nSPS) is 14.2. The van der Waals surface area contributed by atoms with Crippen molar-refractivity contribution in [1.29, 1.82) is 0 Å². The van der Waals surface area contributed by atoms with Crippen LogP contribution in [0.3, 0.4) is 0 Å². The number of nitrogens with one attached hydrogen (secondary N) is 1. The fourth-order valence-corrected chi connectivity index (χ4v) is 1.84. The summed E-state index contributed by atoms with van der Waals surface area (Å²) in [7, 11) is 1.38. The van der Waals surface area contributed by atoms with Gasteiger partial charge < -0.3 is 4.74 Å². The molecule has 0 saturated heterocycles. The second-order valence-electron chi connectivity index (χ2n) is 3.65. The molecule has 0 bridgehead atoms. The Hall–Kier alpha value is -1.06. The molecule has 0 aliphatic heterocycles. The minimum absolute atomic E-state index is 0.00259. The molecule has 88 valence electrons. The number of hydrogen-bond acceptors (Lipinski definition) is 3. The van der Waals surface area contributed by atoms with E-state index >= 15 is 0 Å². The van der Waals surface area contributed by atoms with E-state index in [0.29, 0.717) is 5.02 Å². The van der Waals surface area contributed by atoms with Crippen molar-refractivity contribution in [3.63, 3.8) is 0 Å². The molecule has 0 heterocycles. The van der Waals surface area contributed by atoms with Gasteiger partial charge in [-0.1, -0.05) is 29.8 Å². The first-order valence-corrected chi connectivity index (χ1v) is 5.52. The van der Waals surface area contributed by atoms with Crippen LogP contribution in [-0.2, 0) is 9.53 Å². The van der Waals surface area contributed by atoms with Gasteiger partial charge in [-0.25, -0.2) is 0 Å². The van der Waals surface area contributed by atoms with E-state index in [9.17, 15) is 4.79 Å². The first-order valence-electron chi connectivity index (χ1n) is 5.14. The largest absolute Gasteiger partial charge is 0.468 e. The Bertz CT molecular complexity index is 368. The standard InChI is InChI=1S/C12H16ClNO2/c1-8(14-9(2)12(15)16-3)10-6-4-5-7-11(10)13/h4-9,14H,1-3H3. The van der Waals surface area contributed by atoms with E-state index in [2.05, 4.69) is 10.1 Å². The lowest BCUT2D eigenvalue weighted by molar-refractivity contribution is -0.142. The summed E-state index contributed by atoms with van der Waals surface area (Å²) in [5.74, 6) is -0.279. The highest BCUT2D eigenvalue weighted by atomic mass is 35.5. The van der Waals surface area contributed by atoms with Crippen molar-refractivity contribution in [2.24, 2.45) is 0 Å². The second-order valence-corrected chi connectivity index (χ2v) is 4.06. The highest BCUT2D eigenvalue weighted by molar-refractivity contribution is 6.31. The molecule has 1 N–H and O–H groups in total. The van der Waals surface area contributed by atoms with Gasteiger partial charge >= 0.3 is 5.97 Å².